The molecule has 1 aliphatic rings. The molecule has 2 aromatic heterocycles. The summed E-state index contributed by atoms with van der Waals surface area (Å²) in [4.78, 5) is 36.5. The molecule has 0 atom stereocenters. The van der Waals surface area contributed by atoms with E-state index in [1.54, 1.807) is 18.0 Å². The van der Waals surface area contributed by atoms with Crippen LogP contribution in [0.25, 0.3) is 11.0 Å². The summed E-state index contributed by atoms with van der Waals surface area (Å²) in [6.07, 6.45) is 2.33. The average Bonchev–Trinajstić information content (AvgIpc) is 2.45. The zero-order chi connectivity index (χ0) is 14.3. The predicted octanol–water partition coefficient (Wildman–Crippen LogP) is -0.319. The molecule has 1 aliphatic heterocycles. The first-order valence-electron chi connectivity index (χ1n) is 6.45. The molecule has 7 heteroatoms. The van der Waals surface area contributed by atoms with Gasteiger partial charge in [0.1, 0.15) is 5.82 Å². The number of fused-ring (bicyclic) bond motifs is 3. The highest BCUT2D eigenvalue weighted by Gasteiger charge is 2.22. The van der Waals surface area contributed by atoms with E-state index in [1.807, 2.05) is 0 Å². The van der Waals surface area contributed by atoms with E-state index in [0.29, 0.717) is 36.4 Å². The van der Waals surface area contributed by atoms with Crippen LogP contribution in [0.15, 0.2) is 11.0 Å². The van der Waals surface area contributed by atoms with E-state index >= 15 is 0 Å². The van der Waals surface area contributed by atoms with Crippen LogP contribution >= 0.6 is 0 Å². The van der Waals surface area contributed by atoms with E-state index in [9.17, 15) is 9.59 Å². The minimum Gasteiger partial charge on any atom is -0.338 e. The first-order chi connectivity index (χ1) is 9.60. The van der Waals surface area contributed by atoms with Crippen LogP contribution in [-0.2, 0) is 24.3 Å². The number of carbonyl (C=O) groups is 1. The number of aromatic amines is 1. The molecular formula is C13H15N5O2. The SMILES string of the molecule is CC(=O)N1CCc2c(cnc3nc(CN)[nH]c(=O)c23)C1. The molecule has 0 bridgehead atoms. The zero-order valence-electron chi connectivity index (χ0n) is 11.1. The van der Waals surface area contributed by atoms with Gasteiger partial charge in [-0.2, -0.15) is 0 Å². The topological polar surface area (TPSA) is 105 Å². The van der Waals surface area contributed by atoms with Crippen molar-refractivity contribution in [1.29, 1.82) is 0 Å². The van der Waals surface area contributed by atoms with Crippen LogP contribution in [0.2, 0.25) is 0 Å². The van der Waals surface area contributed by atoms with Gasteiger partial charge in [-0.05, 0) is 17.5 Å². The van der Waals surface area contributed by atoms with Crippen LogP contribution < -0.4 is 11.3 Å². The van der Waals surface area contributed by atoms with Crippen molar-refractivity contribution in [3.8, 4) is 0 Å². The summed E-state index contributed by atoms with van der Waals surface area (Å²) < 4.78 is 0. The van der Waals surface area contributed by atoms with Crippen LogP contribution in [0.1, 0.15) is 23.9 Å². The van der Waals surface area contributed by atoms with E-state index in [2.05, 4.69) is 15.0 Å². The number of hydrogen-bond acceptors (Lipinski definition) is 5. The Morgan fingerprint density at radius 3 is 3.05 bits per heavy atom. The molecule has 0 saturated carbocycles. The molecule has 7 nitrogen and oxygen atoms in total. The summed E-state index contributed by atoms with van der Waals surface area (Å²) in [7, 11) is 0. The fourth-order valence-corrected chi connectivity index (χ4v) is 2.57. The van der Waals surface area contributed by atoms with E-state index in [-0.39, 0.29) is 18.0 Å². The number of carbonyl (C=O) groups excluding carboxylic acids is 1. The summed E-state index contributed by atoms with van der Waals surface area (Å²) in [5.74, 6) is 0.456. The standard InChI is InChI=1S/C13H15N5O2/c1-7(19)18-3-2-9-8(6-18)5-15-12-11(9)13(20)17-10(4-14)16-12/h5H,2-4,6,14H2,1H3,(H,15,16,17,20). The van der Waals surface area contributed by atoms with Gasteiger partial charge in [0.05, 0.1) is 11.9 Å². The number of nitrogens with two attached hydrogens (primary N) is 1. The first-order valence-corrected chi connectivity index (χ1v) is 6.45. The highest BCUT2D eigenvalue weighted by Crippen LogP contribution is 2.23. The molecule has 2 aromatic rings. The Hall–Kier alpha value is -2.28. The maximum Gasteiger partial charge on any atom is 0.260 e. The van der Waals surface area contributed by atoms with E-state index in [4.69, 9.17) is 5.73 Å². The zero-order valence-corrected chi connectivity index (χ0v) is 11.1. The fourth-order valence-electron chi connectivity index (χ4n) is 2.57. The number of pyridine rings is 1. The van der Waals surface area contributed by atoms with Crippen molar-refractivity contribution in [3.63, 3.8) is 0 Å². The van der Waals surface area contributed by atoms with E-state index in [0.717, 1.165) is 11.1 Å². The summed E-state index contributed by atoms with van der Waals surface area (Å²) in [6, 6.07) is 0. The van der Waals surface area contributed by atoms with Gasteiger partial charge in [-0.25, -0.2) is 9.97 Å². The van der Waals surface area contributed by atoms with Crippen LogP contribution in [0, 0.1) is 0 Å². The van der Waals surface area contributed by atoms with Crippen LogP contribution in [0.3, 0.4) is 0 Å². The molecule has 0 spiro atoms. The second-order valence-electron chi connectivity index (χ2n) is 4.87. The highest BCUT2D eigenvalue weighted by atomic mass is 16.2. The van der Waals surface area contributed by atoms with Gasteiger partial charge >= 0.3 is 0 Å². The monoisotopic (exact) mass is 273 g/mol. The lowest BCUT2D eigenvalue weighted by atomic mass is 9.99. The Morgan fingerprint density at radius 1 is 1.55 bits per heavy atom. The van der Waals surface area contributed by atoms with Crippen molar-refractivity contribution < 1.29 is 4.79 Å². The molecule has 3 heterocycles. The van der Waals surface area contributed by atoms with Gasteiger partial charge in [-0.3, -0.25) is 9.59 Å². The Morgan fingerprint density at radius 2 is 2.35 bits per heavy atom. The summed E-state index contributed by atoms with van der Waals surface area (Å²) in [5.41, 5.74) is 7.55. The van der Waals surface area contributed by atoms with Gasteiger partial charge < -0.3 is 15.6 Å². The van der Waals surface area contributed by atoms with Gasteiger partial charge in [-0.1, -0.05) is 0 Å². The average molecular weight is 273 g/mol. The summed E-state index contributed by atoms with van der Waals surface area (Å²) >= 11 is 0. The summed E-state index contributed by atoms with van der Waals surface area (Å²) in [6.45, 7) is 2.81. The van der Waals surface area contributed by atoms with Crippen LogP contribution in [0.4, 0.5) is 0 Å². The molecule has 0 radical (unpaired) electrons. The lowest BCUT2D eigenvalue weighted by molar-refractivity contribution is -0.129. The predicted molar refractivity (Wildman–Crippen MR) is 72.8 cm³/mol. The quantitative estimate of drug-likeness (QED) is 0.741. The minimum absolute atomic E-state index is 0.0289. The van der Waals surface area contributed by atoms with Crippen molar-refractivity contribution in [3.05, 3.63) is 33.5 Å². The minimum atomic E-state index is -0.212. The Balaban J connectivity index is 2.18. The Labute approximate surface area is 114 Å². The third-order valence-electron chi connectivity index (χ3n) is 3.61. The molecule has 3 rings (SSSR count). The van der Waals surface area contributed by atoms with Crippen molar-refractivity contribution in [2.24, 2.45) is 5.73 Å². The molecule has 3 N–H and O–H groups in total. The maximum absolute atomic E-state index is 12.2. The lowest BCUT2D eigenvalue weighted by Gasteiger charge is -2.28. The molecule has 0 aliphatic carbocycles. The van der Waals surface area contributed by atoms with Crippen molar-refractivity contribution in [1.82, 2.24) is 19.9 Å². The van der Waals surface area contributed by atoms with Gasteiger partial charge in [0.2, 0.25) is 5.91 Å². The largest absolute Gasteiger partial charge is 0.338 e. The number of amides is 1. The number of H-pyrrole nitrogens is 1. The number of nitrogens with zero attached hydrogens (tertiary/aromatic N) is 3. The molecule has 0 fully saturated rings. The Bertz CT molecular complexity index is 752. The van der Waals surface area contributed by atoms with Gasteiger partial charge in [-0.15, -0.1) is 0 Å². The number of rotatable bonds is 1. The van der Waals surface area contributed by atoms with E-state index in [1.165, 1.54) is 0 Å². The molecule has 1 amide bonds. The normalized spacial score (nSPS) is 14.4. The lowest BCUT2D eigenvalue weighted by Crippen LogP contribution is -2.35. The first kappa shape index (κ1) is 12.7. The smallest absolute Gasteiger partial charge is 0.260 e. The third kappa shape index (κ3) is 1.96. The van der Waals surface area contributed by atoms with Crippen molar-refractivity contribution in [2.45, 2.75) is 26.4 Å². The maximum atomic E-state index is 12.2. The number of nitrogens with one attached hydrogen (secondary N) is 1. The van der Waals surface area contributed by atoms with Crippen LogP contribution in [0.5, 0.6) is 0 Å². The number of aromatic nitrogens is 3. The van der Waals surface area contributed by atoms with Crippen molar-refractivity contribution in [2.75, 3.05) is 6.54 Å². The summed E-state index contributed by atoms with van der Waals surface area (Å²) in [5, 5.41) is 0.517. The van der Waals surface area contributed by atoms with Crippen molar-refractivity contribution >= 4 is 16.9 Å². The second kappa shape index (κ2) is 4.68. The second-order valence-corrected chi connectivity index (χ2v) is 4.87. The molecule has 0 unspecified atom stereocenters. The molecule has 104 valence electrons. The molecular weight excluding hydrogens is 258 g/mol. The van der Waals surface area contributed by atoms with E-state index < -0.39 is 0 Å². The Kier molecular flexibility index (Phi) is 2.98. The molecule has 20 heavy (non-hydrogen) atoms. The molecule has 0 aromatic carbocycles. The van der Waals surface area contributed by atoms with Gasteiger partial charge in [0.15, 0.2) is 5.65 Å². The fraction of sp³-hybridized carbons (Fsp3) is 0.385. The van der Waals surface area contributed by atoms with Crippen LogP contribution in [-0.4, -0.2) is 32.3 Å². The number of hydrogen-bond donors (Lipinski definition) is 2. The van der Waals surface area contributed by atoms with Gasteiger partial charge in [0.25, 0.3) is 5.56 Å². The molecule has 0 saturated heterocycles. The van der Waals surface area contributed by atoms with Gasteiger partial charge in [0, 0.05) is 26.2 Å². The third-order valence-corrected chi connectivity index (χ3v) is 3.61. The highest BCUT2D eigenvalue weighted by molar-refractivity contribution is 5.80.